The number of allylic oxidation sites excluding steroid dienone is 1. The SMILES string of the molecule is C=C(C)CCl.CCCCCCCCCCCCOC(=O)/C=C\C(=O)O. The molecule has 0 amide bonds. The maximum absolute atomic E-state index is 11.0. The van der Waals surface area contributed by atoms with Gasteiger partial charge in [0.2, 0.25) is 0 Å². The van der Waals surface area contributed by atoms with E-state index >= 15 is 0 Å². The molecule has 146 valence electrons. The smallest absolute Gasteiger partial charge is 0.331 e. The Kier molecular flexibility index (Phi) is 21.5. The minimum Gasteiger partial charge on any atom is -0.478 e. The fourth-order valence-corrected chi connectivity index (χ4v) is 1.95. The number of unbranched alkanes of at least 4 members (excludes halogenated alkanes) is 9. The third kappa shape index (κ3) is 27.8. The normalized spacial score (nSPS) is 10.2. The summed E-state index contributed by atoms with van der Waals surface area (Å²) >= 11 is 5.24. The number of hydrogen-bond donors (Lipinski definition) is 1. The van der Waals surface area contributed by atoms with Gasteiger partial charge >= 0.3 is 11.9 Å². The van der Waals surface area contributed by atoms with Gasteiger partial charge in [0.25, 0.3) is 0 Å². The van der Waals surface area contributed by atoms with E-state index in [1.54, 1.807) is 0 Å². The van der Waals surface area contributed by atoms with E-state index in [1.807, 2.05) is 6.92 Å². The predicted octanol–water partition coefficient (Wildman–Crippen LogP) is 5.89. The quantitative estimate of drug-likeness (QED) is 0.135. The second kappa shape index (κ2) is 20.8. The molecule has 0 aromatic heterocycles. The van der Waals surface area contributed by atoms with Crippen LogP contribution in [0.25, 0.3) is 0 Å². The number of esters is 1. The minimum atomic E-state index is -1.14. The van der Waals surface area contributed by atoms with Crippen LogP contribution in [0.2, 0.25) is 0 Å². The van der Waals surface area contributed by atoms with Gasteiger partial charge in [0.1, 0.15) is 0 Å². The lowest BCUT2D eigenvalue weighted by Gasteiger charge is -2.03. The molecule has 0 heterocycles. The van der Waals surface area contributed by atoms with Gasteiger partial charge < -0.3 is 9.84 Å². The van der Waals surface area contributed by atoms with E-state index in [0.717, 1.165) is 30.6 Å². The van der Waals surface area contributed by atoms with Crippen molar-refractivity contribution in [3.8, 4) is 0 Å². The molecule has 0 fully saturated rings. The van der Waals surface area contributed by atoms with Crippen molar-refractivity contribution in [3.05, 3.63) is 24.3 Å². The zero-order valence-electron chi connectivity index (χ0n) is 15.9. The monoisotopic (exact) mass is 374 g/mol. The highest BCUT2D eigenvalue weighted by atomic mass is 35.5. The van der Waals surface area contributed by atoms with E-state index in [9.17, 15) is 9.59 Å². The van der Waals surface area contributed by atoms with Crippen LogP contribution >= 0.6 is 11.6 Å². The lowest BCUT2D eigenvalue weighted by Crippen LogP contribution is -2.03. The predicted molar refractivity (Wildman–Crippen MR) is 105 cm³/mol. The average molecular weight is 375 g/mol. The third-order valence-corrected chi connectivity index (χ3v) is 3.79. The molecule has 5 heteroatoms. The lowest BCUT2D eigenvalue weighted by atomic mass is 10.1. The Bertz CT molecular complexity index is 378. The van der Waals surface area contributed by atoms with Crippen molar-refractivity contribution in [3.63, 3.8) is 0 Å². The van der Waals surface area contributed by atoms with Crippen molar-refractivity contribution in [1.29, 1.82) is 0 Å². The molecule has 0 bridgehead atoms. The Morgan fingerprint density at radius 1 is 0.960 bits per heavy atom. The van der Waals surface area contributed by atoms with Gasteiger partial charge in [-0.3, -0.25) is 0 Å². The number of rotatable bonds is 14. The average Bonchev–Trinajstić information content (AvgIpc) is 2.58. The summed E-state index contributed by atoms with van der Waals surface area (Å²) in [5.41, 5.74) is 1.02. The molecule has 25 heavy (non-hydrogen) atoms. The van der Waals surface area contributed by atoms with E-state index in [-0.39, 0.29) is 0 Å². The fourth-order valence-electron chi connectivity index (χ4n) is 1.95. The van der Waals surface area contributed by atoms with E-state index in [0.29, 0.717) is 12.5 Å². The molecule has 0 aliphatic heterocycles. The van der Waals surface area contributed by atoms with Crippen LogP contribution in [0, 0.1) is 0 Å². The number of aliphatic carboxylic acids is 1. The van der Waals surface area contributed by atoms with Gasteiger partial charge in [-0.25, -0.2) is 9.59 Å². The molecule has 0 aromatic rings. The largest absolute Gasteiger partial charge is 0.478 e. The highest BCUT2D eigenvalue weighted by molar-refractivity contribution is 6.19. The Morgan fingerprint density at radius 3 is 1.80 bits per heavy atom. The van der Waals surface area contributed by atoms with E-state index in [2.05, 4.69) is 13.5 Å². The molecule has 0 atom stereocenters. The van der Waals surface area contributed by atoms with Gasteiger partial charge in [-0.05, 0) is 13.3 Å². The first-order valence-corrected chi connectivity index (χ1v) is 9.75. The van der Waals surface area contributed by atoms with Crippen molar-refractivity contribution in [1.82, 2.24) is 0 Å². The summed E-state index contributed by atoms with van der Waals surface area (Å²) < 4.78 is 4.88. The number of carbonyl (C=O) groups excluding carboxylic acids is 1. The van der Waals surface area contributed by atoms with Crippen molar-refractivity contribution in [2.45, 2.75) is 78.1 Å². The van der Waals surface area contributed by atoms with Crippen molar-refractivity contribution >= 4 is 23.5 Å². The Morgan fingerprint density at radius 2 is 1.40 bits per heavy atom. The molecule has 0 saturated carbocycles. The van der Waals surface area contributed by atoms with Crippen LogP contribution in [0.4, 0.5) is 0 Å². The summed E-state index contributed by atoms with van der Waals surface area (Å²) in [5, 5.41) is 8.33. The Labute approximate surface area is 158 Å². The van der Waals surface area contributed by atoms with Crippen LogP contribution in [0.5, 0.6) is 0 Å². The number of ether oxygens (including phenoxy) is 1. The molecule has 0 radical (unpaired) electrons. The Hall–Kier alpha value is -1.29. The van der Waals surface area contributed by atoms with Crippen LogP contribution in [-0.2, 0) is 14.3 Å². The molecule has 0 aromatic carbocycles. The third-order valence-electron chi connectivity index (χ3n) is 3.33. The maximum Gasteiger partial charge on any atom is 0.331 e. The van der Waals surface area contributed by atoms with E-state index in [4.69, 9.17) is 21.4 Å². The van der Waals surface area contributed by atoms with Crippen LogP contribution in [-0.4, -0.2) is 29.5 Å². The molecule has 0 aliphatic carbocycles. The van der Waals surface area contributed by atoms with Gasteiger partial charge in [0.05, 0.1) is 6.61 Å². The number of carbonyl (C=O) groups is 2. The van der Waals surface area contributed by atoms with Gasteiger partial charge in [-0.1, -0.05) is 76.9 Å². The summed E-state index contributed by atoms with van der Waals surface area (Å²) in [6.45, 7) is 8.04. The second-order valence-corrected chi connectivity index (χ2v) is 6.38. The molecule has 1 N–H and O–H groups in total. The zero-order valence-corrected chi connectivity index (χ0v) is 16.7. The number of halogens is 1. The van der Waals surface area contributed by atoms with Crippen molar-refractivity contribution < 1.29 is 19.4 Å². The van der Waals surface area contributed by atoms with Crippen LogP contribution in [0.15, 0.2) is 24.3 Å². The standard InChI is InChI=1S/C16H28O4.C4H7Cl/c1-2-3-4-5-6-7-8-9-10-11-14-20-16(19)13-12-15(17)18;1-4(2)3-5/h12-13H,2-11,14H2,1H3,(H,17,18);1,3H2,2H3/b13-12-;. The number of alkyl halides is 1. The van der Waals surface area contributed by atoms with E-state index < -0.39 is 11.9 Å². The molecule has 0 unspecified atom stereocenters. The fraction of sp³-hybridized carbons (Fsp3) is 0.700. The zero-order chi connectivity index (χ0) is 19.3. The number of carboxylic acid groups (broad SMARTS) is 1. The summed E-state index contributed by atoms with van der Waals surface area (Å²) in [5.74, 6) is -1.13. The first-order chi connectivity index (χ1) is 11.9. The molecule has 0 aliphatic rings. The van der Waals surface area contributed by atoms with Gasteiger partial charge in [0.15, 0.2) is 0 Å². The first-order valence-electron chi connectivity index (χ1n) is 9.22. The maximum atomic E-state index is 11.0. The molecule has 0 saturated heterocycles. The van der Waals surface area contributed by atoms with Crippen molar-refractivity contribution in [2.24, 2.45) is 0 Å². The highest BCUT2D eigenvalue weighted by Gasteiger charge is 1.98. The summed E-state index contributed by atoms with van der Waals surface area (Å²) in [6, 6.07) is 0. The molecular weight excluding hydrogens is 340 g/mol. The topological polar surface area (TPSA) is 63.6 Å². The van der Waals surface area contributed by atoms with Crippen LogP contribution < -0.4 is 0 Å². The molecule has 0 rings (SSSR count). The summed E-state index contributed by atoms with van der Waals surface area (Å²) in [6.07, 6.45) is 14.0. The van der Waals surface area contributed by atoms with Crippen LogP contribution in [0.1, 0.15) is 78.1 Å². The summed E-state index contributed by atoms with van der Waals surface area (Å²) in [7, 11) is 0. The lowest BCUT2D eigenvalue weighted by molar-refractivity contribution is -0.138. The molecule has 4 nitrogen and oxygen atoms in total. The molecule has 0 spiro atoms. The Balaban J connectivity index is 0. The van der Waals surface area contributed by atoms with Gasteiger partial charge in [-0.2, -0.15) is 0 Å². The molecular formula is C20H35ClO4. The first kappa shape index (κ1) is 25.9. The minimum absolute atomic E-state index is 0.374. The second-order valence-electron chi connectivity index (χ2n) is 6.11. The number of carboxylic acids is 1. The van der Waals surface area contributed by atoms with Gasteiger partial charge in [-0.15, -0.1) is 11.6 Å². The number of hydrogen-bond acceptors (Lipinski definition) is 3. The van der Waals surface area contributed by atoms with Crippen LogP contribution in [0.3, 0.4) is 0 Å². The van der Waals surface area contributed by atoms with Crippen molar-refractivity contribution in [2.75, 3.05) is 12.5 Å². The van der Waals surface area contributed by atoms with Gasteiger partial charge in [0, 0.05) is 18.0 Å². The van der Waals surface area contributed by atoms with E-state index in [1.165, 1.54) is 51.4 Å². The summed E-state index contributed by atoms with van der Waals surface area (Å²) in [4.78, 5) is 21.2. The highest BCUT2D eigenvalue weighted by Crippen LogP contribution is 2.10.